The molecule has 0 fully saturated rings. The van der Waals surface area contributed by atoms with E-state index in [1.807, 2.05) is 24.3 Å². The van der Waals surface area contributed by atoms with E-state index < -0.39 is 0 Å². The second-order valence-corrected chi connectivity index (χ2v) is 8.90. The molecule has 1 aromatic heterocycles. The summed E-state index contributed by atoms with van der Waals surface area (Å²) in [5.74, 6) is 1.93. The first-order valence-corrected chi connectivity index (χ1v) is 11.6. The molecule has 32 heavy (non-hydrogen) atoms. The van der Waals surface area contributed by atoms with Gasteiger partial charge in [0.15, 0.2) is 0 Å². The van der Waals surface area contributed by atoms with E-state index in [2.05, 4.69) is 74.3 Å². The van der Waals surface area contributed by atoms with Crippen LogP contribution in [0.5, 0.6) is 11.5 Å². The molecule has 0 aliphatic carbocycles. The van der Waals surface area contributed by atoms with Crippen molar-refractivity contribution in [3.05, 3.63) is 89.8 Å². The summed E-state index contributed by atoms with van der Waals surface area (Å²) in [5, 5.41) is 2.23. The van der Waals surface area contributed by atoms with Crippen LogP contribution in [0.1, 0.15) is 30.9 Å². The minimum Gasteiger partial charge on any atom is -0.497 e. The van der Waals surface area contributed by atoms with E-state index in [0.717, 1.165) is 22.6 Å². The quantitative estimate of drug-likeness (QED) is 0.287. The minimum atomic E-state index is 0.350. The second-order valence-electron chi connectivity index (χ2n) is 7.98. The third-order valence-corrected chi connectivity index (χ3v) is 6.69. The Kier molecular flexibility index (Phi) is 6.48. The molecule has 1 heterocycles. The fourth-order valence-corrected chi connectivity index (χ4v) is 5.09. The fraction of sp³-hybridized carbons (Fsp3) is 0.172. The molecule has 0 amide bonds. The maximum absolute atomic E-state index is 5.81. The number of rotatable bonds is 7. The Balaban J connectivity index is 2.01. The molecule has 0 saturated heterocycles. The molecule has 2 nitrogen and oxygen atoms in total. The molecular formula is C29H28O2S. The number of hydrogen-bond acceptors (Lipinski definition) is 3. The summed E-state index contributed by atoms with van der Waals surface area (Å²) in [6.07, 6.45) is 1.95. The minimum absolute atomic E-state index is 0.350. The standard InChI is InChI=1S/C29H28O2S/c1-6-20-12-14-24(19(2)3)29(25-15-13-23(30-4)17-26(25)31-5)28(20)27-16-22(18-32-27)21-10-8-7-9-11-21/h6-19H,1H2,2-5H3. The molecule has 0 N–H and O–H groups in total. The van der Waals surface area contributed by atoms with E-state index in [1.54, 1.807) is 25.6 Å². The number of ether oxygens (including phenoxy) is 2. The van der Waals surface area contributed by atoms with Gasteiger partial charge in [-0.25, -0.2) is 0 Å². The summed E-state index contributed by atoms with van der Waals surface area (Å²) in [6, 6.07) is 23.2. The first-order valence-electron chi connectivity index (χ1n) is 10.7. The summed E-state index contributed by atoms with van der Waals surface area (Å²) in [7, 11) is 3.39. The van der Waals surface area contributed by atoms with E-state index in [-0.39, 0.29) is 0 Å². The van der Waals surface area contributed by atoms with E-state index >= 15 is 0 Å². The van der Waals surface area contributed by atoms with Gasteiger partial charge in [-0.15, -0.1) is 11.3 Å². The summed E-state index contributed by atoms with van der Waals surface area (Å²) < 4.78 is 11.3. The lowest BCUT2D eigenvalue weighted by molar-refractivity contribution is 0.395. The average Bonchev–Trinajstić information content (AvgIpc) is 3.33. The Hall–Kier alpha value is -3.30. The monoisotopic (exact) mass is 440 g/mol. The molecule has 4 rings (SSSR count). The normalized spacial score (nSPS) is 10.9. The molecule has 0 unspecified atom stereocenters. The van der Waals surface area contributed by atoms with Gasteiger partial charge in [-0.05, 0) is 57.3 Å². The summed E-state index contributed by atoms with van der Waals surface area (Å²) in [6.45, 7) is 8.58. The molecule has 0 atom stereocenters. The summed E-state index contributed by atoms with van der Waals surface area (Å²) in [4.78, 5) is 1.22. The molecule has 3 aromatic carbocycles. The van der Waals surface area contributed by atoms with Crippen LogP contribution in [-0.4, -0.2) is 14.2 Å². The van der Waals surface area contributed by atoms with Gasteiger partial charge in [-0.1, -0.05) is 69.0 Å². The van der Waals surface area contributed by atoms with Crippen LogP contribution >= 0.6 is 11.3 Å². The maximum Gasteiger partial charge on any atom is 0.130 e. The largest absolute Gasteiger partial charge is 0.497 e. The number of benzene rings is 3. The maximum atomic E-state index is 5.81. The smallest absolute Gasteiger partial charge is 0.130 e. The molecule has 4 aromatic rings. The number of hydrogen-bond donors (Lipinski definition) is 0. The Morgan fingerprint density at radius 2 is 1.62 bits per heavy atom. The number of thiophene rings is 1. The molecule has 0 radical (unpaired) electrons. The van der Waals surface area contributed by atoms with Crippen molar-refractivity contribution in [1.82, 2.24) is 0 Å². The second kappa shape index (κ2) is 9.46. The van der Waals surface area contributed by atoms with Crippen LogP contribution in [-0.2, 0) is 0 Å². The Labute approximate surface area is 194 Å². The Bertz CT molecular complexity index is 1240. The topological polar surface area (TPSA) is 18.5 Å². The lowest BCUT2D eigenvalue weighted by Crippen LogP contribution is -1.99. The zero-order chi connectivity index (χ0) is 22.7. The lowest BCUT2D eigenvalue weighted by Gasteiger charge is -2.21. The zero-order valence-electron chi connectivity index (χ0n) is 19.0. The molecule has 0 spiro atoms. The predicted molar refractivity (Wildman–Crippen MR) is 138 cm³/mol. The molecule has 0 bridgehead atoms. The zero-order valence-corrected chi connectivity index (χ0v) is 19.8. The van der Waals surface area contributed by atoms with Gasteiger partial charge < -0.3 is 9.47 Å². The van der Waals surface area contributed by atoms with Crippen molar-refractivity contribution in [3.8, 4) is 44.2 Å². The summed E-state index contributed by atoms with van der Waals surface area (Å²) >= 11 is 1.76. The fourth-order valence-electron chi connectivity index (χ4n) is 4.10. The predicted octanol–water partition coefficient (Wildman–Crippen LogP) is 8.53. The van der Waals surface area contributed by atoms with Crippen LogP contribution in [0.2, 0.25) is 0 Å². The third kappa shape index (κ3) is 4.09. The first-order chi connectivity index (χ1) is 15.6. The van der Waals surface area contributed by atoms with E-state index in [1.165, 1.54) is 32.7 Å². The number of methoxy groups -OCH3 is 2. The lowest BCUT2D eigenvalue weighted by atomic mass is 9.85. The highest BCUT2D eigenvalue weighted by Gasteiger charge is 2.22. The highest BCUT2D eigenvalue weighted by atomic mass is 32.1. The van der Waals surface area contributed by atoms with Crippen molar-refractivity contribution < 1.29 is 9.47 Å². The van der Waals surface area contributed by atoms with Gasteiger partial charge in [-0.2, -0.15) is 0 Å². The van der Waals surface area contributed by atoms with Crippen LogP contribution in [0.25, 0.3) is 38.8 Å². The Morgan fingerprint density at radius 1 is 0.844 bits per heavy atom. The molecule has 3 heteroatoms. The molecule has 162 valence electrons. The van der Waals surface area contributed by atoms with Crippen molar-refractivity contribution >= 4 is 17.4 Å². The molecule has 0 aliphatic heterocycles. The van der Waals surface area contributed by atoms with Crippen molar-refractivity contribution in [1.29, 1.82) is 0 Å². The highest BCUT2D eigenvalue weighted by molar-refractivity contribution is 7.14. The first kappa shape index (κ1) is 21.9. The molecule has 0 aliphatic rings. The van der Waals surface area contributed by atoms with Gasteiger partial charge in [0, 0.05) is 22.1 Å². The van der Waals surface area contributed by atoms with Crippen molar-refractivity contribution in [2.75, 3.05) is 14.2 Å². The molecular weight excluding hydrogens is 412 g/mol. The van der Waals surface area contributed by atoms with Gasteiger partial charge in [0.1, 0.15) is 11.5 Å². The van der Waals surface area contributed by atoms with Gasteiger partial charge >= 0.3 is 0 Å². The van der Waals surface area contributed by atoms with E-state index in [9.17, 15) is 0 Å². The van der Waals surface area contributed by atoms with Crippen molar-refractivity contribution in [2.45, 2.75) is 19.8 Å². The van der Waals surface area contributed by atoms with Crippen LogP contribution in [0, 0.1) is 0 Å². The SMILES string of the molecule is C=Cc1ccc(C(C)C)c(-c2ccc(OC)cc2OC)c1-c1cc(-c2ccccc2)cs1. The van der Waals surface area contributed by atoms with E-state index in [0.29, 0.717) is 5.92 Å². The van der Waals surface area contributed by atoms with Crippen LogP contribution in [0.3, 0.4) is 0 Å². The highest BCUT2D eigenvalue weighted by Crippen LogP contribution is 2.47. The van der Waals surface area contributed by atoms with Gasteiger partial charge in [0.2, 0.25) is 0 Å². The van der Waals surface area contributed by atoms with E-state index in [4.69, 9.17) is 9.47 Å². The van der Waals surface area contributed by atoms with Gasteiger partial charge in [0.25, 0.3) is 0 Å². The van der Waals surface area contributed by atoms with Crippen molar-refractivity contribution in [2.24, 2.45) is 0 Å². The van der Waals surface area contributed by atoms with Crippen LogP contribution in [0.4, 0.5) is 0 Å². The van der Waals surface area contributed by atoms with Gasteiger partial charge in [0.05, 0.1) is 14.2 Å². The van der Waals surface area contributed by atoms with Crippen LogP contribution in [0.15, 0.2) is 78.7 Å². The van der Waals surface area contributed by atoms with Crippen molar-refractivity contribution in [3.63, 3.8) is 0 Å². The average molecular weight is 441 g/mol. The van der Waals surface area contributed by atoms with Crippen LogP contribution < -0.4 is 9.47 Å². The third-order valence-electron chi connectivity index (χ3n) is 5.74. The molecule has 0 saturated carbocycles. The van der Waals surface area contributed by atoms with Gasteiger partial charge in [-0.3, -0.25) is 0 Å². The Morgan fingerprint density at radius 3 is 2.28 bits per heavy atom. The summed E-state index contributed by atoms with van der Waals surface area (Å²) in [5.41, 5.74) is 8.29.